The van der Waals surface area contributed by atoms with Crippen molar-refractivity contribution in [2.75, 3.05) is 5.32 Å². The Hall–Kier alpha value is -1.87. The Kier molecular flexibility index (Phi) is 7.26. The van der Waals surface area contributed by atoms with Crippen LogP contribution >= 0.6 is 12.2 Å². The fourth-order valence-corrected chi connectivity index (χ4v) is 2.94. The molecule has 2 aromatic carbocycles. The van der Waals surface area contributed by atoms with Gasteiger partial charge in [-0.25, -0.2) is 0 Å². The van der Waals surface area contributed by atoms with E-state index in [1.165, 1.54) is 29.5 Å². The second-order valence-electron chi connectivity index (χ2n) is 6.27. The summed E-state index contributed by atoms with van der Waals surface area (Å²) in [6, 6.07) is 17.4. The van der Waals surface area contributed by atoms with Crippen molar-refractivity contribution in [2.45, 2.75) is 52.5 Å². The highest BCUT2D eigenvalue weighted by molar-refractivity contribution is 7.80. The van der Waals surface area contributed by atoms with Crippen LogP contribution in [0.2, 0.25) is 0 Å². The van der Waals surface area contributed by atoms with Crippen molar-refractivity contribution < 1.29 is 0 Å². The summed E-state index contributed by atoms with van der Waals surface area (Å²) >= 11 is 5.48. The lowest BCUT2D eigenvalue weighted by molar-refractivity contribution is 0.629. The largest absolute Gasteiger partial charge is 0.356 e. The number of nitrogens with one attached hydrogen (secondary N) is 2. The molecule has 1 atom stereocenters. The first-order valence-corrected chi connectivity index (χ1v) is 9.26. The minimum Gasteiger partial charge on any atom is -0.356 e. The van der Waals surface area contributed by atoms with Crippen molar-refractivity contribution >= 4 is 23.0 Å². The maximum Gasteiger partial charge on any atom is 0.171 e. The lowest BCUT2D eigenvalue weighted by atomic mass is 10.0. The second kappa shape index (κ2) is 9.43. The molecule has 0 saturated heterocycles. The number of rotatable bonds is 7. The molecule has 0 amide bonds. The predicted octanol–water partition coefficient (Wildman–Crippen LogP) is 5.78. The summed E-state index contributed by atoms with van der Waals surface area (Å²) in [5, 5.41) is 7.38. The Morgan fingerprint density at radius 1 is 1.00 bits per heavy atom. The number of anilines is 1. The molecule has 0 saturated carbocycles. The van der Waals surface area contributed by atoms with Gasteiger partial charge >= 0.3 is 0 Å². The zero-order chi connectivity index (χ0) is 17.4. The van der Waals surface area contributed by atoms with Gasteiger partial charge in [-0.2, -0.15) is 0 Å². The van der Waals surface area contributed by atoms with Crippen LogP contribution in [0.25, 0.3) is 0 Å². The third kappa shape index (κ3) is 5.64. The summed E-state index contributed by atoms with van der Waals surface area (Å²) in [6.07, 6.45) is 4.60. The maximum atomic E-state index is 5.48. The van der Waals surface area contributed by atoms with Crippen molar-refractivity contribution in [1.82, 2.24) is 5.32 Å². The normalized spacial score (nSPS) is 11.8. The number of hydrogen-bond donors (Lipinski definition) is 2. The molecule has 0 aliphatic heterocycles. The Balaban J connectivity index is 1.92. The molecule has 3 heteroatoms. The van der Waals surface area contributed by atoms with Gasteiger partial charge in [0.25, 0.3) is 0 Å². The van der Waals surface area contributed by atoms with Gasteiger partial charge in [0.05, 0.1) is 6.04 Å². The molecule has 0 spiro atoms. The topological polar surface area (TPSA) is 24.1 Å². The summed E-state index contributed by atoms with van der Waals surface area (Å²) in [6.45, 7) is 6.50. The molecule has 24 heavy (non-hydrogen) atoms. The SMILES string of the molecule is CCCCc1ccc(NC(=S)NC(CC)c2ccc(C)cc2)cc1. The van der Waals surface area contributed by atoms with Gasteiger partial charge in [-0.05, 0) is 61.7 Å². The lowest BCUT2D eigenvalue weighted by Crippen LogP contribution is -2.32. The smallest absolute Gasteiger partial charge is 0.171 e. The second-order valence-corrected chi connectivity index (χ2v) is 6.68. The van der Waals surface area contributed by atoms with E-state index >= 15 is 0 Å². The summed E-state index contributed by atoms with van der Waals surface area (Å²) < 4.78 is 0. The van der Waals surface area contributed by atoms with Crippen molar-refractivity contribution in [3.05, 3.63) is 65.2 Å². The molecule has 2 N–H and O–H groups in total. The van der Waals surface area contributed by atoms with E-state index in [2.05, 4.69) is 79.9 Å². The quantitative estimate of drug-likeness (QED) is 0.625. The summed E-state index contributed by atoms with van der Waals surface area (Å²) in [7, 11) is 0. The minimum atomic E-state index is 0.231. The zero-order valence-corrected chi connectivity index (χ0v) is 15.7. The van der Waals surface area contributed by atoms with Crippen LogP contribution in [0.15, 0.2) is 48.5 Å². The first-order valence-electron chi connectivity index (χ1n) is 8.85. The molecule has 0 fully saturated rings. The number of unbranched alkanes of at least 4 members (excludes halogenated alkanes) is 1. The predicted molar refractivity (Wildman–Crippen MR) is 109 cm³/mol. The van der Waals surface area contributed by atoms with Crippen LogP contribution in [0.4, 0.5) is 5.69 Å². The Morgan fingerprint density at radius 2 is 1.67 bits per heavy atom. The van der Waals surface area contributed by atoms with E-state index in [1.54, 1.807) is 0 Å². The van der Waals surface area contributed by atoms with E-state index in [9.17, 15) is 0 Å². The van der Waals surface area contributed by atoms with Crippen LogP contribution in [0.1, 0.15) is 55.8 Å². The summed E-state index contributed by atoms with van der Waals surface area (Å²) in [5.41, 5.74) is 4.96. The van der Waals surface area contributed by atoms with Gasteiger partial charge in [-0.15, -0.1) is 0 Å². The lowest BCUT2D eigenvalue weighted by Gasteiger charge is -2.20. The molecule has 2 aromatic rings. The van der Waals surface area contributed by atoms with Crippen LogP contribution in [0, 0.1) is 6.92 Å². The molecular weight excluding hydrogens is 312 g/mol. The molecule has 0 heterocycles. The first kappa shape index (κ1) is 18.5. The first-order chi connectivity index (χ1) is 11.6. The van der Waals surface area contributed by atoms with E-state index < -0.39 is 0 Å². The van der Waals surface area contributed by atoms with Crippen molar-refractivity contribution in [2.24, 2.45) is 0 Å². The standard InChI is InChI=1S/C21H28N2S/c1-4-6-7-17-10-14-19(15-11-17)22-21(24)23-20(5-2)18-12-8-16(3)9-13-18/h8-15,20H,4-7H2,1-3H3,(H2,22,23,24). The van der Waals surface area contributed by atoms with Crippen molar-refractivity contribution in [3.63, 3.8) is 0 Å². The van der Waals surface area contributed by atoms with Crippen LogP contribution < -0.4 is 10.6 Å². The number of aryl methyl sites for hydroxylation is 2. The van der Waals surface area contributed by atoms with Gasteiger partial charge in [0, 0.05) is 5.69 Å². The van der Waals surface area contributed by atoms with Crippen LogP contribution in [-0.4, -0.2) is 5.11 Å². The maximum absolute atomic E-state index is 5.48. The number of benzene rings is 2. The molecule has 1 unspecified atom stereocenters. The molecular formula is C21H28N2S. The summed E-state index contributed by atoms with van der Waals surface area (Å²) in [4.78, 5) is 0. The highest BCUT2D eigenvalue weighted by Crippen LogP contribution is 2.18. The van der Waals surface area contributed by atoms with E-state index in [1.807, 2.05) is 0 Å². The Morgan fingerprint density at radius 3 is 2.25 bits per heavy atom. The van der Waals surface area contributed by atoms with Gasteiger partial charge < -0.3 is 10.6 Å². The van der Waals surface area contributed by atoms with Crippen molar-refractivity contribution in [1.29, 1.82) is 0 Å². The Labute approximate surface area is 151 Å². The van der Waals surface area contributed by atoms with E-state index in [0.717, 1.165) is 18.5 Å². The fraction of sp³-hybridized carbons (Fsp3) is 0.381. The molecule has 0 aliphatic rings. The molecule has 128 valence electrons. The highest BCUT2D eigenvalue weighted by atomic mass is 32.1. The number of hydrogen-bond acceptors (Lipinski definition) is 1. The van der Waals surface area contributed by atoms with Crippen LogP contribution in [-0.2, 0) is 6.42 Å². The molecule has 2 rings (SSSR count). The summed E-state index contributed by atoms with van der Waals surface area (Å²) in [5.74, 6) is 0. The average molecular weight is 341 g/mol. The van der Waals surface area contributed by atoms with Crippen LogP contribution in [0.3, 0.4) is 0 Å². The van der Waals surface area contributed by atoms with E-state index in [-0.39, 0.29) is 6.04 Å². The number of thiocarbonyl (C=S) groups is 1. The van der Waals surface area contributed by atoms with Gasteiger partial charge in [0.1, 0.15) is 0 Å². The fourth-order valence-electron chi connectivity index (χ4n) is 2.68. The van der Waals surface area contributed by atoms with Gasteiger partial charge in [-0.3, -0.25) is 0 Å². The van der Waals surface area contributed by atoms with E-state index in [0.29, 0.717) is 5.11 Å². The zero-order valence-electron chi connectivity index (χ0n) is 14.9. The van der Waals surface area contributed by atoms with Gasteiger partial charge in [-0.1, -0.05) is 62.2 Å². The third-order valence-electron chi connectivity index (χ3n) is 4.22. The van der Waals surface area contributed by atoms with E-state index in [4.69, 9.17) is 12.2 Å². The van der Waals surface area contributed by atoms with Crippen molar-refractivity contribution in [3.8, 4) is 0 Å². The molecule has 0 bridgehead atoms. The minimum absolute atomic E-state index is 0.231. The molecule has 0 radical (unpaired) electrons. The highest BCUT2D eigenvalue weighted by Gasteiger charge is 2.10. The monoisotopic (exact) mass is 340 g/mol. The molecule has 0 aliphatic carbocycles. The van der Waals surface area contributed by atoms with Gasteiger partial charge in [0.15, 0.2) is 5.11 Å². The Bertz CT molecular complexity index is 632. The van der Waals surface area contributed by atoms with Crippen LogP contribution in [0.5, 0.6) is 0 Å². The third-order valence-corrected chi connectivity index (χ3v) is 4.44. The molecule has 2 nitrogen and oxygen atoms in total. The van der Waals surface area contributed by atoms with Gasteiger partial charge in [0.2, 0.25) is 0 Å². The molecule has 0 aromatic heterocycles. The average Bonchev–Trinajstić information content (AvgIpc) is 2.60.